The largest absolute Gasteiger partial charge is 0.492 e. The van der Waals surface area contributed by atoms with Crippen LogP contribution in [0.2, 0.25) is 0 Å². The highest BCUT2D eigenvalue weighted by atomic mass is 32.2. The number of hydrogen-bond donors (Lipinski definition) is 1. The first-order chi connectivity index (χ1) is 16.5. The molecule has 0 saturated carbocycles. The van der Waals surface area contributed by atoms with Gasteiger partial charge >= 0.3 is 0 Å². The van der Waals surface area contributed by atoms with Gasteiger partial charge in [0.2, 0.25) is 26.0 Å². The molecule has 9 nitrogen and oxygen atoms in total. The summed E-state index contributed by atoms with van der Waals surface area (Å²) in [5.74, 6) is 0.0194. The van der Waals surface area contributed by atoms with Gasteiger partial charge in [0.15, 0.2) is 0 Å². The van der Waals surface area contributed by atoms with Crippen molar-refractivity contribution in [2.75, 3.05) is 36.8 Å². The van der Waals surface area contributed by atoms with Crippen molar-refractivity contribution in [3.8, 4) is 5.75 Å². The minimum Gasteiger partial charge on any atom is -0.492 e. The molecular weight excluding hydrogens is 490 g/mol. The molecule has 1 amide bonds. The van der Waals surface area contributed by atoms with Crippen molar-refractivity contribution in [3.63, 3.8) is 0 Å². The quantitative estimate of drug-likeness (QED) is 0.479. The van der Waals surface area contributed by atoms with Crippen molar-refractivity contribution in [1.82, 2.24) is 9.62 Å². The Kier molecular flexibility index (Phi) is 8.79. The summed E-state index contributed by atoms with van der Waals surface area (Å²) in [6.45, 7) is 4.75. The second kappa shape index (κ2) is 11.4. The third-order valence-corrected chi connectivity index (χ3v) is 8.95. The van der Waals surface area contributed by atoms with Gasteiger partial charge < -0.3 is 10.1 Å². The fourth-order valence-corrected chi connectivity index (χ4v) is 6.71. The second-order valence-electron chi connectivity index (χ2n) is 8.65. The fraction of sp³-hybridized carbons (Fsp3) is 0.458. The van der Waals surface area contributed by atoms with E-state index in [-0.39, 0.29) is 18.0 Å². The summed E-state index contributed by atoms with van der Waals surface area (Å²) in [7, 11) is -7.19. The van der Waals surface area contributed by atoms with E-state index in [1.807, 2.05) is 13.0 Å². The number of piperidine rings is 1. The van der Waals surface area contributed by atoms with Gasteiger partial charge in [-0.15, -0.1) is 0 Å². The Morgan fingerprint density at radius 3 is 2.31 bits per heavy atom. The summed E-state index contributed by atoms with van der Waals surface area (Å²) in [6, 6.07) is 12.2. The van der Waals surface area contributed by atoms with Gasteiger partial charge in [-0.1, -0.05) is 18.6 Å². The molecule has 1 aliphatic heterocycles. The van der Waals surface area contributed by atoms with E-state index in [0.717, 1.165) is 35.4 Å². The second-order valence-corrected chi connectivity index (χ2v) is 12.4. The molecule has 192 valence electrons. The molecule has 1 fully saturated rings. The fourth-order valence-electron chi connectivity index (χ4n) is 4.03. The number of hydrogen-bond acceptors (Lipinski definition) is 6. The van der Waals surface area contributed by atoms with Gasteiger partial charge in [-0.2, -0.15) is 4.31 Å². The number of anilines is 1. The number of ether oxygens (including phenoxy) is 1. The smallest absolute Gasteiger partial charge is 0.243 e. The summed E-state index contributed by atoms with van der Waals surface area (Å²) in [6.07, 6.45) is 3.86. The number of carbonyl (C=O) groups excluding carboxylic acids is 1. The SMILES string of the molecule is Cc1cccc(N([C@H](C)C(=O)NCCOc2ccc(S(=O)(=O)N3CCCCC3)cc2)S(C)(=O)=O)c1. The zero-order valence-corrected chi connectivity index (χ0v) is 21.9. The number of aryl methyl sites for hydroxylation is 1. The summed E-state index contributed by atoms with van der Waals surface area (Å²) in [5, 5.41) is 2.70. The van der Waals surface area contributed by atoms with Gasteiger partial charge in [0, 0.05) is 13.1 Å². The van der Waals surface area contributed by atoms with E-state index in [1.54, 1.807) is 30.3 Å². The minimum atomic E-state index is -3.69. The minimum absolute atomic E-state index is 0.139. The lowest BCUT2D eigenvalue weighted by Crippen LogP contribution is -2.48. The molecule has 1 saturated heterocycles. The number of sulfonamides is 2. The van der Waals surface area contributed by atoms with Crippen molar-refractivity contribution < 1.29 is 26.4 Å². The Labute approximate surface area is 208 Å². The molecular formula is C24H33N3O6S2. The number of carbonyl (C=O) groups is 1. The molecule has 1 heterocycles. The standard InChI is InChI=1S/C24H33N3O6S2/c1-19-8-7-9-21(18-19)27(34(3,29)30)20(2)24(28)25-14-17-33-22-10-12-23(13-11-22)35(31,32)26-15-5-4-6-16-26/h7-13,18,20H,4-6,14-17H2,1-3H3,(H,25,28)/t20-/m1/s1. The molecule has 0 radical (unpaired) electrons. The van der Waals surface area contributed by atoms with Crippen LogP contribution < -0.4 is 14.4 Å². The van der Waals surface area contributed by atoms with Crippen LogP contribution in [0.15, 0.2) is 53.4 Å². The molecule has 0 aliphatic carbocycles. The van der Waals surface area contributed by atoms with Crippen LogP contribution in [-0.2, 0) is 24.8 Å². The summed E-state index contributed by atoms with van der Waals surface area (Å²) >= 11 is 0. The normalized spacial score (nSPS) is 15.9. The zero-order chi connectivity index (χ0) is 25.6. The van der Waals surface area contributed by atoms with Gasteiger partial charge in [-0.05, 0) is 68.7 Å². The van der Waals surface area contributed by atoms with Crippen LogP contribution in [-0.4, -0.2) is 65.6 Å². The highest BCUT2D eigenvalue weighted by Crippen LogP contribution is 2.23. The van der Waals surface area contributed by atoms with E-state index in [2.05, 4.69) is 5.32 Å². The first-order valence-corrected chi connectivity index (χ1v) is 14.9. The van der Waals surface area contributed by atoms with Crippen LogP contribution in [0.3, 0.4) is 0 Å². The van der Waals surface area contributed by atoms with Crippen LogP contribution in [0.4, 0.5) is 5.69 Å². The predicted molar refractivity (Wildman–Crippen MR) is 136 cm³/mol. The average Bonchev–Trinajstić information content (AvgIpc) is 2.82. The molecule has 11 heteroatoms. The monoisotopic (exact) mass is 523 g/mol. The first kappa shape index (κ1) is 27.0. The number of nitrogens with one attached hydrogen (secondary N) is 1. The number of rotatable bonds is 10. The highest BCUT2D eigenvalue weighted by molar-refractivity contribution is 7.92. The van der Waals surface area contributed by atoms with Crippen molar-refractivity contribution in [2.45, 2.75) is 44.0 Å². The summed E-state index contributed by atoms with van der Waals surface area (Å²) in [4.78, 5) is 12.9. The lowest BCUT2D eigenvalue weighted by molar-refractivity contribution is -0.121. The topological polar surface area (TPSA) is 113 Å². The Morgan fingerprint density at radius 1 is 1.06 bits per heavy atom. The van der Waals surface area contributed by atoms with Gasteiger partial charge in [0.25, 0.3) is 0 Å². The lowest BCUT2D eigenvalue weighted by Gasteiger charge is -2.28. The van der Waals surface area contributed by atoms with Crippen molar-refractivity contribution >= 4 is 31.6 Å². The van der Waals surface area contributed by atoms with Crippen LogP contribution in [0, 0.1) is 6.92 Å². The van der Waals surface area contributed by atoms with E-state index >= 15 is 0 Å². The van der Waals surface area contributed by atoms with Gasteiger partial charge in [0.1, 0.15) is 18.4 Å². The van der Waals surface area contributed by atoms with Crippen LogP contribution in [0.5, 0.6) is 5.75 Å². The Balaban J connectivity index is 1.54. The van der Waals surface area contributed by atoms with Crippen LogP contribution >= 0.6 is 0 Å². The number of nitrogens with zero attached hydrogens (tertiary/aromatic N) is 2. The molecule has 0 bridgehead atoms. The molecule has 3 rings (SSSR count). The van der Waals surface area contributed by atoms with E-state index < -0.39 is 32.0 Å². The molecule has 2 aromatic rings. The molecule has 2 aromatic carbocycles. The maximum atomic E-state index is 12.7. The highest BCUT2D eigenvalue weighted by Gasteiger charge is 2.29. The maximum absolute atomic E-state index is 12.7. The maximum Gasteiger partial charge on any atom is 0.243 e. The van der Waals surface area contributed by atoms with E-state index in [9.17, 15) is 21.6 Å². The molecule has 1 N–H and O–H groups in total. The van der Waals surface area contributed by atoms with Crippen molar-refractivity contribution in [1.29, 1.82) is 0 Å². The molecule has 0 aromatic heterocycles. The zero-order valence-electron chi connectivity index (χ0n) is 20.3. The van der Waals surface area contributed by atoms with Gasteiger partial charge in [0.05, 0.1) is 23.4 Å². The Bertz CT molecular complexity index is 1220. The van der Waals surface area contributed by atoms with E-state index in [0.29, 0.717) is 24.5 Å². The Morgan fingerprint density at radius 2 is 1.71 bits per heavy atom. The van der Waals surface area contributed by atoms with Gasteiger partial charge in [-0.3, -0.25) is 9.10 Å². The van der Waals surface area contributed by atoms with E-state index in [4.69, 9.17) is 4.74 Å². The van der Waals surface area contributed by atoms with Crippen LogP contribution in [0.1, 0.15) is 31.7 Å². The van der Waals surface area contributed by atoms with Crippen molar-refractivity contribution in [2.24, 2.45) is 0 Å². The molecule has 0 spiro atoms. The van der Waals surface area contributed by atoms with Gasteiger partial charge in [-0.25, -0.2) is 16.8 Å². The number of amides is 1. The van der Waals surface area contributed by atoms with Crippen molar-refractivity contribution in [3.05, 3.63) is 54.1 Å². The van der Waals surface area contributed by atoms with Crippen LogP contribution in [0.25, 0.3) is 0 Å². The third-order valence-electron chi connectivity index (χ3n) is 5.79. The van der Waals surface area contributed by atoms with E-state index in [1.165, 1.54) is 23.4 Å². The first-order valence-electron chi connectivity index (χ1n) is 11.6. The summed E-state index contributed by atoms with van der Waals surface area (Å²) < 4.78 is 58.5. The molecule has 35 heavy (non-hydrogen) atoms. The molecule has 1 aliphatic rings. The molecule has 1 atom stereocenters. The Hall–Kier alpha value is -2.63. The third kappa shape index (κ3) is 6.96. The summed E-state index contributed by atoms with van der Waals surface area (Å²) in [5.41, 5.74) is 1.30. The lowest BCUT2D eigenvalue weighted by atomic mass is 10.2. The predicted octanol–water partition coefficient (Wildman–Crippen LogP) is 2.52. The molecule has 0 unspecified atom stereocenters. The number of benzene rings is 2. The average molecular weight is 524 g/mol.